The number of nitrogens with zero attached hydrogens (tertiary/aromatic N) is 5. The molecule has 2 aromatic rings. The van der Waals surface area contributed by atoms with E-state index < -0.39 is 0 Å². The predicted octanol–water partition coefficient (Wildman–Crippen LogP) is 7.15. The molecule has 254 valence electrons. The van der Waals surface area contributed by atoms with Gasteiger partial charge in [0.05, 0.1) is 17.1 Å². The number of amidine groups is 1. The molecule has 0 aliphatic rings. The lowest BCUT2D eigenvalue weighted by Crippen LogP contribution is -2.36. The van der Waals surface area contributed by atoms with Crippen molar-refractivity contribution in [3.05, 3.63) is 89.2 Å². The van der Waals surface area contributed by atoms with Crippen molar-refractivity contribution in [2.24, 2.45) is 22.5 Å². The van der Waals surface area contributed by atoms with Crippen LogP contribution < -0.4 is 26.8 Å². The van der Waals surface area contributed by atoms with Crippen LogP contribution in [-0.2, 0) is 11.3 Å². The molecule has 9 nitrogen and oxygen atoms in total. The van der Waals surface area contributed by atoms with Gasteiger partial charge in [0, 0.05) is 61.9 Å². The van der Waals surface area contributed by atoms with Crippen molar-refractivity contribution in [3.8, 4) is 0 Å². The molecule has 1 amide bonds. The first-order valence-electron chi connectivity index (χ1n) is 16.6. The molecule has 0 aliphatic heterocycles. The van der Waals surface area contributed by atoms with Crippen LogP contribution in [0.15, 0.2) is 88.6 Å². The van der Waals surface area contributed by atoms with E-state index in [1.54, 1.807) is 12.4 Å². The number of aromatic nitrogens is 1. The average molecular weight is 633 g/mol. The second-order valence-electron chi connectivity index (χ2n) is 11.5. The van der Waals surface area contributed by atoms with E-state index in [1.807, 2.05) is 95.2 Å². The Hall–Kier alpha value is -3.95. The summed E-state index contributed by atoms with van der Waals surface area (Å²) in [5, 5.41) is 4.85. The highest BCUT2D eigenvalue weighted by Crippen LogP contribution is 2.26. The van der Waals surface area contributed by atoms with Crippen molar-refractivity contribution in [2.45, 2.75) is 88.1 Å². The van der Waals surface area contributed by atoms with Crippen molar-refractivity contribution in [1.29, 1.82) is 0 Å². The first-order valence-corrected chi connectivity index (χ1v) is 16.6. The van der Waals surface area contributed by atoms with Gasteiger partial charge in [0.15, 0.2) is 0 Å². The number of hydrogen-bond acceptors (Lipinski definition) is 7. The highest BCUT2D eigenvalue weighted by Gasteiger charge is 2.22. The number of nitrogens with two attached hydrogens (primary N) is 2. The van der Waals surface area contributed by atoms with E-state index in [1.165, 1.54) is 5.01 Å². The van der Waals surface area contributed by atoms with E-state index in [0.717, 1.165) is 59.9 Å². The zero-order valence-corrected chi connectivity index (χ0v) is 30.1. The van der Waals surface area contributed by atoms with Gasteiger partial charge < -0.3 is 16.0 Å². The summed E-state index contributed by atoms with van der Waals surface area (Å²) < 4.78 is 0. The number of pyridine rings is 1. The maximum atomic E-state index is 14.4. The van der Waals surface area contributed by atoms with Gasteiger partial charge in [-0.25, -0.2) is 5.84 Å². The number of likely N-dealkylation sites (N-methyl/N-ethyl adjacent to an activating group) is 1. The van der Waals surface area contributed by atoms with Gasteiger partial charge in [-0.1, -0.05) is 58.7 Å². The lowest BCUT2D eigenvalue weighted by atomic mass is 10.0. The number of hydrogen-bond donors (Lipinski definition) is 3. The molecule has 0 saturated heterocycles. The number of hydrazine groups is 1. The SMILES string of the molecule is CC.CCN=C(C)N/C(C)=C(\C=C(\C)CC)C(=O)N(CCC(C)CC)c1cccc(N(N)/C=C(\N)CN(C)Cc2cccnc2)c1. The quantitative estimate of drug-likeness (QED) is 0.0450. The molecule has 1 unspecified atom stereocenters. The third-order valence-corrected chi connectivity index (χ3v) is 7.51. The van der Waals surface area contributed by atoms with Crippen LogP contribution in [0.1, 0.15) is 87.1 Å². The summed E-state index contributed by atoms with van der Waals surface area (Å²) in [7, 11) is 2.00. The van der Waals surface area contributed by atoms with Gasteiger partial charge in [0.25, 0.3) is 5.91 Å². The number of aliphatic imine (C=N–C) groups is 1. The summed E-state index contributed by atoms with van der Waals surface area (Å²) in [6.45, 7) is 20.9. The van der Waals surface area contributed by atoms with Crippen LogP contribution in [0.25, 0.3) is 0 Å². The number of rotatable bonds is 16. The number of amides is 1. The fourth-order valence-corrected chi connectivity index (χ4v) is 4.63. The molecule has 1 atom stereocenters. The van der Waals surface area contributed by atoms with Gasteiger partial charge in [0.1, 0.15) is 0 Å². The molecule has 0 fully saturated rings. The molecular weight excluding hydrogens is 572 g/mol. The minimum absolute atomic E-state index is 0.0665. The minimum atomic E-state index is -0.0665. The molecule has 46 heavy (non-hydrogen) atoms. The number of benzene rings is 1. The number of anilines is 2. The zero-order valence-electron chi connectivity index (χ0n) is 30.1. The van der Waals surface area contributed by atoms with E-state index >= 15 is 0 Å². The van der Waals surface area contributed by atoms with Crippen LogP contribution in [0.4, 0.5) is 11.4 Å². The van der Waals surface area contributed by atoms with Crippen molar-refractivity contribution in [3.63, 3.8) is 0 Å². The molecule has 5 N–H and O–H groups in total. The van der Waals surface area contributed by atoms with Crippen LogP contribution in [0.2, 0.25) is 0 Å². The maximum absolute atomic E-state index is 14.4. The summed E-state index contributed by atoms with van der Waals surface area (Å²) >= 11 is 0. The Bertz CT molecular complexity index is 1320. The van der Waals surface area contributed by atoms with E-state index in [0.29, 0.717) is 36.8 Å². The van der Waals surface area contributed by atoms with Crippen LogP contribution in [-0.4, -0.2) is 48.3 Å². The molecule has 0 aliphatic carbocycles. The Morgan fingerprint density at radius 1 is 1.09 bits per heavy atom. The molecule has 0 bridgehead atoms. The largest absolute Gasteiger partial charge is 0.400 e. The van der Waals surface area contributed by atoms with Crippen LogP contribution in [0, 0.1) is 5.92 Å². The standard InChI is InChI=1S/C35H54N8O.C2H6/c1-9-26(4)17-19-42(35(44)34(20-27(5)10-2)28(6)40-29(7)39-11-3)32-15-12-16-33(21-32)43(37)25-31(36)24-41(8)23-30-14-13-18-38-22-30;1-2/h12-16,18,20-22,25-26H,9-11,17,19,23-24,36-37H2,1-8H3,(H,39,40);1-2H3/b27-20-,31-25-,34-28+;. The van der Waals surface area contributed by atoms with Gasteiger partial charge in [-0.3, -0.25) is 24.7 Å². The van der Waals surface area contributed by atoms with Crippen molar-refractivity contribution >= 4 is 23.1 Å². The second-order valence-corrected chi connectivity index (χ2v) is 11.5. The fraction of sp³-hybridized carbons (Fsp3) is 0.486. The molecule has 9 heteroatoms. The Morgan fingerprint density at radius 2 is 1.78 bits per heavy atom. The summed E-state index contributed by atoms with van der Waals surface area (Å²) in [6.07, 6.45) is 10.1. The Kier molecular flexibility index (Phi) is 18.9. The number of carbonyl (C=O) groups excluding carboxylic acids is 1. The number of allylic oxidation sites excluding steroid dienone is 2. The molecule has 1 heterocycles. The molecule has 0 radical (unpaired) electrons. The first kappa shape index (κ1) is 40.1. The predicted molar refractivity (Wildman–Crippen MR) is 197 cm³/mol. The van der Waals surface area contributed by atoms with Crippen LogP contribution in [0.3, 0.4) is 0 Å². The number of nitrogens with one attached hydrogen (secondary N) is 1. The first-order chi connectivity index (χ1) is 22.0. The number of carbonyl (C=O) groups is 1. The van der Waals surface area contributed by atoms with E-state index in [4.69, 9.17) is 11.6 Å². The van der Waals surface area contributed by atoms with Gasteiger partial charge in [-0.15, -0.1) is 0 Å². The van der Waals surface area contributed by atoms with Crippen molar-refractivity contribution < 1.29 is 4.79 Å². The van der Waals surface area contributed by atoms with Gasteiger partial charge in [-0.2, -0.15) is 0 Å². The smallest absolute Gasteiger partial charge is 0.260 e. The van der Waals surface area contributed by atoms with Crippen molar-refractivity contribution in [1.82, 2.24) is 15.2 Å². The fourth-order valence-electron chi connectivity index (χ4n) is 4.63. The zero-order chi connectivity index (χ0) is 34.6. The van der Waals surface area contributed by atoms with Crippen LogP contribution in [0.5, 0.6) is 0 Å². The third-order valence-electron chi connectivity index (χ3n) is 7.51. The van der Waals surface area contributed by atoms with Crippen LogP contribution >= 0.6 is 0 Å². The summed E-state index contributed by atoms with van der Waals surface area (Å²) in [5.41, 5.74) is 12.1. The maximum Gasteiger partial charge on any atom is 0.260 e. The summed E-state index contributed by atoms with van der Waals surface area (Å²) in [6, 6.07) is 11.7. The molecule has 0 spiro atoms. The summed E-state index contributed by atoms with van der Waals surface area (Å²) in [4.78, 5) is 27.0. The minimum Gasteiger partial charge on any atom is -0.400 e. The van der Waals surface area contributed by atoms with Gasteiger partial charge in [0.2, 0.25) is 0 Å². The molecule has 2 rings (SSSR count). The Labute approximate surface area is 279 Å². The van der Waals surface area contributed by atoms with E-state index in [9.17, 15) is 4.79 Å². The third kappa shape index (κ3) is 14.0. The van der Waals surface area contributed by atoms with Crippen molar-refractivity contribution in [2.75, 3.05) is 36.6 Å². The highest BCUT2D eigenvalue weighted by atomic mass is 16.2. The molecule has 1 aromatic heterocycles. The topological polar surface area (TPSA) is 116 Å². The van der Waals surface area contributed by atoms with Gasteiger partial charge in [-0.05, 0) is 89.4 Å². The van der Waals surface area contributed by atoms with E-state index in [2.05, 4.69) is 47.9 Å². The highest BCUT2D eigenvalue weighted by molar-refractivity contribution is 6.08. The molecular formula is C37H60N8O. The van der Waals surface area contributed by atoms with Gasteiger partial charge >= 0.3 is 0 Å². The summed E-state index contributed by atoms with van der Waals surface area (Å²) in [5.74, 6) is 7.68. The molecule has 0 saturated carbocycles. The normalized spacial score (nSPS) is 13.4. The lowest BCUT2D eigenvalue weighted by Gasteiger charge is -2.27. The monoisotopic (exact) mass is 632 g/mol. The molecule has 1 aromatic carbocycles. The Morgan fingerprint density at radius 3 is 2.39 bits per heavy atom. The lowest BCUT2D eigenvalue weighted by molar-refractivity contribution is -0.115. The second kappa shape index (κ2) is 21.7. The van der Waals surface area contributed by atoms with E-state index in [-0.39, 0.29) is 5.91 Å². The average Bonchev–Trinajstić information content (AvgIpc) is 3.04. The Balaban J connectivity index is 0.00000518.